The molecule has 2 bridgehead atoms. The molecular formula is C22H24ClN7. The van der Waals surface area contributed by atoms with Crippen molar-refractivity contribution in [1.29, 1.82) is 0 Å². The largest absolute Gasteiger partial charge is 0.404 e. The van der Waals surface area contributed by atoms with Crippen LogP contribution in [0.15, 0.2) is 48.0 Å². The van der Waals surface area contributed by atoms with Crippen LogP contribution in [0.3, 0.4) is 0 Å². The Kier molecular flexibility index (Phi) is 4.92. The number of pyridine rings is 2. The second-order valence-electron chi connectivity index (χ2n) is 7.79. The molecule has 0 radical (unpaired) electrons. The Labute approximate surface area is 180 Å². The summed E-state index contributed by atoms with van der Waals surface area (Å²) < 4.78 is 1.78. The van der Waals surface area contributed by atoms with Gasteiger partial charge in [0.05, 0.1) is 16.7 Å². The summed E-state index contributed by atoms with van der Waals surface area (Å²) in [6, 6.07) is 7.37. The fraction of sp³-hybridized carbons (Fsp3) is 0.318. The molecule has 7 nitrogen and oxygen atoms in total. The van der Waals surface area contributed by atoms with Gasteiger partial charge < -0.3 is 16.0 Å². The minimum absolute atomic E-state index is 0.534. The number of aromatic nitrogens is 3. The second-order valence-corrected chi connectivity index (χ2v) is 8.20. The number of nitrogens with zero attached hydrogens (tertiary/aromatic N) is 5. The van der Waals surface area contributed by atoms with Crippen LogP contribution < -0.4 is 16.0 Å². The first-order chi connectivity index (χ1) is 14.7. The Morgan fingerprint density at radius 2 is 2.07 bits per heavy atom. The van der Waals surface area contributed by atoms with Gasteiger partial charge in [-0.1, -0.05) is 11.6 Å². The highest BCUT2D eigenvalue weighted by Gasteiger charge is 2.37. The third kappa shape index (κ3) is 3.14. The number of piperazine rings is 1. The number of rotatable bonds is 4. The summed E-state index contributed by atoms with van der Waals surface area (Å²) in [4.78, 5) is 11.4. The van der Waals surface area contributed by atoms with Gasteiger partial charge in [0.1, 0.15) is 5.82 Å². The second kappa shape index (κ2) is 7.74. The average molecular weight is 422 g/mol. The molecule has 0 amide bonds. The molecule has 3 aromatic rings. The van der Waals surface area contributed by atoms with Crippen molar-refractivity contribution in [2.45, 2.75) is 24.9 Å². The van der Waals surface area contributed by atoms with Crippen molar-refractivity contribution < 1.29 is 0 Å². The van der Waals surface area contributed by atoms with Crippen LogP contribution in [0.25, 0.3) is 22.2 Å². The number of nitrogens with two attached hydrogens (primary N) is 1. The zero-order valence-corrected chi connectivity index (χ0v) is 17.5. The van der Waals surface area contributed by atoms with Gasteiger partial charge in [0.25, 0.3) is 0 Å². The molecule has 0 saturated carbocycles. The molecule has 2 aliphatic rings. The van der Waals surface area contributed by atoms with Gasteiger partial charge in [-0.2, -0.15) is 5.10 Å². The van der Waals surface area contributed by atoms with Crippen LogP contribution in [-0.2, 0) is 0 Å². The number of allylic oxidation sites excluding steroid dienone is 1. The minimum Gasteiger partial charge on any atom is -0.404 e. The van der Waals surface area contributed by atoms with Crippen molar-refractivity contribution in [2.24, 2.45) is 10.7 Å². The number of nitrogens with one attached hydrogen (secondary N) is 1. The van der Waals surface area contributed by atoms with Gasteiger partial charge in [0, 0.05) is 79.3 Å². The molecule has 0 aliphatic carbocycles. The number of hydrogen-bond donors (Lipinski definition) is 2. The van der Waals surface area contributed by atoms with E-state index >= 15 is 0 Å². The van der Waals surface area contributed by atoms with Crippen LogP contribution in [0.4, 0.5) is 5.82 Å². The lowest BCUT2D eigenvalue weighted by Gasteiger charge is -2.36. The molecule has 154 valence electrons. The summed E-state index contributed by atoms with van der Waals surface area (Å²) in [6.45, 7) is 2.06. The smallest absolute Gasteiger partial charge is 0.129 e. The summed E-state index contributed by atoms with van der Waals surface area (Å²) in [7, 11) is 1.72. The van der Waals surface area contributed by atoms with E-state index in [1.807, 2.05) is 12.4 Å². The highest BCUT2D eigenvalue weighted by atomic mass is 35.5. The van der Waals surface area contributed by atoms with Gasteiger partial charge in [-0.15, -0.1) is 0 Å². The topological polar surface area (TPSA) is 83.8 Å². The third-order valence-electron chi connectivity index (χ3n) is 6.05. The van der Waals surface area contributed by atoms with Crippen LogP contribution in [0.5, 0.6) is 0 Å². The molecule has 5 rings (SSSR count). The van der Waals surface area contributed by atoms with E-state index in [4.69, 9.17) is 22.3 Å². The van der Waals surface area contributed by atoms with E-state index in [0.29, 0.717) is 17.1 Å². The summed E-state index contributed by atoms with van der Waals surface area (Å²) in [5.74, 6) is 1.04. The Morgan fingerprint density at radius 1 is 1.27 bits per heavy atom. The first-order valence-electron chi connectivity index (χ1n) is 10.2. The first kappa shape index (κ1) is 19.1. The molecule has 2 saturated heterocycles. The SMILES string of the molecule is CN=CC(=CN)c1cc(-c2ccc(N3C4CCC3CNC4)nc2)c2c(Cl)cnn2c1. The zero-order valence-electron chi connectivity index (χ0n) is 16.8. The summed E-state index contributed by atoms with van der Waals surface area (Å²) >= 11 is 6.47. The molecule has 3 N–H and O–H groups in total. The maximum Gasteiger partial charge on any atom is 0.129 e. The molecule has 3 aromatic heterocycles. The fourth-order valence-corrected chi connectivity index (χ4v) is 4.90. The van der Waals surface area contributed by atoms with Crippen LogP contribution in [-0.4, -0.2) is 53.0 Å². The first-order valence-corrected chi connectivity index (χ1v) is 10.5. The predicted octanol–water partition coefficient (Wildman–Crippen LogP) is 2.99. The number of anilines is 1. The molecule has 0 spiro atoms. The van der Waals surface area contributed by atoms with Gasteiger partial charge in [-0.3, -0.25) is 4.99 Å². The van der Waals surface area contributed by atoms with E-state index in [9.17, 15) is 0 Å². The van der Waals surface area contributed by atoms with E-state index in [-0.39, 0.29) is 0 Å². The highest BCUT2D eigenvalue weighted by Crippen LogP contribution is 2.35. The van der Waals surface area contributed by atoms with E-state index < -0.39 is 0 Å². The maximum absolute atomic E-state index is 6.47. The molecule has 2 fully saturated rings. The number of hydrogen-bond acceptors (Lipinski definition) is 6. The van der Waals surface area contributed by atoms with Gasteiger partial charge in [-0.05, 0) is 31.0 Å². The Balaban J connectivity index is 1.58. The predicted molar refractivity (Wildman–Crippen MR) is 122 cm³/mol. The Hall–Kier alpha value is -2.90. The normalized spacial score (nSPS) is 21.8. The van der Waals surface area contributed by atoms with Crippen molar-refractivity contribution in [2.75, 3.05) is 25.0 Å². The van der Waals surface area contributed by atoms with Gasteiger partial charge in [-0.25, -0.2) is 9.50 Å². The molecule has 8 heteroatoms. The van der Waals surface area contributed by atoms with Gasteiger partial charge >= 0.3 is 0 Å². The molecule has 0 aromatic carbocycles. The zero-order chi connectivity index (χ0) is 20.7. The van der Waals surface area contributed by atoms with Gasteiger partial charge in [0.2, 0.25) is 0 Å². The summed E-state index contributed by atoms with van der Waals surface area (Å²) in [5, 5.41) is 8.52. The molecule has 30 heavy (non-hydrogen) atoms. The average Bonchev–Trinajstić information content (AvgIpc) is 3.27. The summed E-state index contributed by atoms with van der Waals surface area (Å²) in [5.41, 5.74) is 10.4. The Morgan fingerprint density at radius 3 is 2.73 bits per heavy atom. The van der Waals surface area contributed by atoms with E-state index in [2.05, 4.69) is 38.5 Å². The molecule has 2 aliphatic heterocycles. The lowest BCUT2D eigenvalue weighted by molar-refractivity contribution is 0.481. The van der Waals surface area contributed by atoms with Gasteiger partial charge in [0.15, 0.2) is 0 Å². The van der Waals surface area contributed by atoms with Crippen molar-refractivity contribution >= 4 is 34.7 Å². The molecule has 2 unspecified atom stereocenters. The number of aliphatic imine (C=N–C) groups is 1. The van der Waals surface area contributed by atoms with Crippen LogP contribution in [0.2, 0.25) is 5.02 Å². The Bertz CT molecular complexity index is 1120. The summed E-state index contributed by atoms with van der Waals surface area (Å²) in [6.07, 6.45) is 11.2. The van der Waals surface area contributed by atoms with E-state index in [1.165, 1.54) is 12.8 Å². The third-order valence-corrected chi connectivity index (χ3v) is 6.33. The van der Waals surface area contributed by atoms with Crippen molar-refractivity contribution in [3.05, 3.63) is 53.6 Å². The van der Waals surface area contributed by atoms with Crippen molar-refractivity contribution in [3.8, 4) is 11.1 Å². The van der Waals surface area contributed by atoms with Crippen LogP contribution in [0.1, 0.15) is 18.4 Å². The van der Waals surface area contributed by atoms with Crippen LogP contribution >= 0.6 is 11.6 Å². The minimum atomic E-state index is 0.534. The maximum atomic E-state index is 6.47. The quantitative estimate of drug-likeness (QED) is 0.633. The monoisotopic (exact) mass is 421 g/mol. The highest BCUT2D eigenvalue weighted by molar-refractivity contribution is 6.34. The molecule has 5 heterocycles. The lowest BCUT2D eigenvalue weighted by atomic mass is 10.0. The van der Waals surface area contributed by atoms with Crippen molar-refractivity contribution in [1.82, 2.24) is 19.9 Å². The van der Waals surface area contributed by atoms with E-state index in [0.717, 1.165) is 46.7 Å². The number of fused-ring (bicyclic) bond motifs is 3. The van der Waals surface area contributed by atoms with E-state index in [1.54, 1.807) is 30.2 Å². The standard InChI is InChI=1S/C22H24ClN7/c1-25-8-16(7-24)15-6-19(22-20(23)12-28-29(22)13-15)14-2-5-21(27-9-14)30-17-3-4-18(30)11-26-10-17/h2,5-9,12-13,17-18,26H,3-4,10-11,24H2,1H3. The fourth-order valence-electron chi connectivity index (χ4n) is 4.67. The lowest BCUT2D eigenvalue weighted by Crippen LogP contribution is -2.52. The van der Waals surface area contributed by atoms with Crippen LogP contribution in [0, 0.1) is 0 Å². The molecule has 2 atom stereocenters. The van der Waals surface area contributed by atoms with Crippen molar-refractivity contribution in [3.63, 3.8) is 0 Å². The molecular weight excluding hydrogens is 398 g/mol. The number of halogens is 1.